The Labute approximate surface area is 184 Å². The third kappa shape index (κ3) is 3.51. The molecule has 3 aliphatic rings. The summed E-state index contributed by atoms with van der Waals surface area (Å²) in [6.07, 6.45) is 5.37. The standard InChI is InChI=1S/C27H40O2Si/c1-17-21-14-18-11-12-19(29-30(7,8)26(2,3)4)15-22(18)25(21)20-10-9-13-27(5,6)23(20)16-24(17)28/h11-12,15,17,21,23H,9-10,13-14,16H2,1-8H3/t17?,21-,23+/m0/s1. The number of Topliss-reactive ketones (excluding diaryl/α,β-unsaturated/α-hetero) is 1. The van der Waals surface area contributed by atoms with Gasteiger partial charge in [0.1, 0.15) is 11.5 Å². The van der Waals surface area contributed by atoms with E-state index < -0.39 is 8.32 Å². The lowest BCUT2D eigenvalue weighted by Gasteiger charge is -2.41. The molecule has 1 unspecified atom stereocenters. The Morgan fingerprint density at radius 2 is 1.83 bits per heavy atom. The Morgan fingerprint density at radius 3 is 2.50 bits per heavy atom. The average molecular weight is 425 g/mol. The number of fused-ring (bicyclic) bond motifs is 4. The molecule has 0 N–H and O–H groups in total. The van der Waals surface area contributed by atoms with E-state index >= 15 is 0 Å². The minimum Gasteiger partial charge on any atom is -0.543 e. The van der Waals surface area contributed by atoms with Gasteiger partial charge in [0.05, 0.1) is 0 Å². The molecule has 3 aliphatic carbocycles. The van der Waals surface area contributed by atoms with Crippen LogP contribution in [0.3, 0.4) is 0 Å². The maximum Gasteiger partial charge on any atom is 0.250 e. The van der Waals surface area contributed by atoms with E-state index in [0.29, 0.717) is 17.6 Å². The van der Waals surface area contributed by atoms with Crippen LogP contribution in [0.25, 0.3) is 5.57 Å². The van der Waals surface area contributed by atoms with Crippen molar-refractivity contribution in [3.63, 3.8) is 0 Å². The topological polar surface area (TPSA) is 26.3 Å². The first-order valence-electron chi connectivity index (χ1n) is 11.9. The lowest BCUT2D eigenvalue weighted by molar-refractivity contribution is -0.124. The molecule has 1 fully saturated rings. The van der Waals surface area contributed by atoms with Crippen LogP contribution in [-0.2, 0) is 11.2 Å². The summed E-state index contributed by atoms with van der Waals surface area (Å²) in [5.74, 6) is 2.36. The molecule has 30 heavy (non-hydrogen) atoms. The Kier molecular flexibility index (Phi) is 5.16. The predicted octanol–water partition coefficient (Wildman–Crippen LogP) is 7.43. The van der Waals surface area contributed by atoms with Gasteiger partial charge in [-0.2, -0.15) is 0 Å². The van der Waals surface area contributed by atoms with E-state index in [1.54, 1.807) is 5.57 Å². The molecule has 1 saturated carbocycles. The van der Waals surface area contributed by atoms with Gasteiger partial charge < -0.3 is 4.43 Å². The highest BCUT2D eigenvalue weighted by molar-refractivity contribution is 6.74. The van der Waals surface area contributed by atoms with E-state index in [1.807, 2.05) is 0 Å². The van der Waals surface area contributed by atoms with E-state index in [9.17, 15) is 4.79 Å². The molecule has 0 radical (unpaired) electrons. The molecule has 0 saturated heterocycles. The fourth-order valence-electron chi connectivity index (χ4n) is 5.76. The largest absolute Gasteiger partial charge is 0.543 e. The van der Waals surface area contributed by atoms with Crippen molar-refractivity contribution in [3.05, 3.63) is 34.9 Å². The van der Waals surface area contributed by atoms with Gasteiger partial charge in [-0.15, -0.1) is 0 Å². The van der Waals surface area contributed by atoms with Crippen molar-refractivity contribution in [2.45, 2.75) is 91.8 Å². The van der Waals surface area contributed by atoms with Gasteiger partial charge in [-0.1, -0.05) is 53.2 Å². The molecule has 1 aromatic carbocycles. The Hall–Kier alpha value is -1.35. The van der Waals surface area contributed by atoms with Gasteiger partial charge in [0.2, 0.25) is 8.32 Å². The molecule has 3 heteroatoms. The summed E-state index contributed by atoms with van der Waals surface area (Å²) in [6.45, 7) is 18.4. The zero-order chi connectivity index (χ0) is 22.1. The monoisotopic (exact) mass is 424 g/mol. The second kappa shape index (κ2) is 7.08. The van der Waals surface area contributed by atoms with Gasteiger partial charge in [0.25, 0.3) is 0 Å². The molecule has 4 rings (SSSR count). The first-order chi connectivity index (χ1) is 13.8. The number of carbonyl (C=O) groups is 1. The van der Waals surface area contributed by atoms with Crippen LogP contribution >= 0.6 is 0 Å². The number of carbonyl (C=O) groups excluding carboxylic acids is 1. The van der Waals surface area contributed by atoms with Crippen molar-refractivity contribution in [1.82, 2.24) is 0 Å². The maximum absolute atomic E-state index is 13.2. The summed E-state index contributed by atoms with van der Waals surface area (Å²) < 4.78 is 6.68. The normalized spacial score (nSPS) is 28.5. The first-order valence-corrected chi connectivity index (χ1v) is 14.8. The van der Waals surface area contributed by atoms with Crippen molar-refractivity contribution >= 4 is 19.7 Å². The SMILES string of the molecule is CC1C(=O)C[C@@H]2C(=C3c4cc(O[Si](C)(C)C(C)(C)C)ccc4C[C@H]31)CCCC2(C)C. The summed E-state index contributed by atoms with van der Waals surface area (Å²) in [7, 11) is -1.88. The van der Waals surface area contributed by atoms with Gasteiger partial charge in [-0.3, -0.25) is 4.79 Å². The summed E-state index contributed by atoms with van der Waals surface area (Å²) in [4.78, 5) is 13.2. The molecular formula is C27H40O2Si. The first kappa shape index (κ1) is 21.9. The number of ketones is 1. The fourth-order valence-corrected chi connectivity index (χ4v) is 6.78. The van der Waals surface area contributed by atoms with Crippen molar-refractivity contribution in [3.8, 4) is 5.75 Å². The quantitative estimate of drug-likeness (QED) is 0.461. The molecule has 2 nitrogen and oxygen atoms in total. The van der Waals surface area contributed by atoms with Crippen molar-refractivity contribution in [1.29, 1.82) is 0 Å². The third-order valence-corrected chi connectivity index (χ3v) is 13.2. The second-order valence-corrected chi connectivity index (χ2v) is 17.0. The number of benzene rings is 1. The number of rotatable bonds is 2. The highest BCUT2D eigenvalue weighted by atomic mass is 28.4. The minimum absolute atomic E-state index is 0.117. The Balaban J connectivity index is 1.82. The average Bonchev–Trinajstić information content (AvgIpc) is 2.94. The van der Waals surface area contributed by atoms with Crippen LogP contribution in [0, 0.1) is 23.2 Å². The summed E-state index contributed by atoms with van der Waals surface area (Å²) >= 11 is 0. The molecule has 0 aromatic heterocycles. The number of hydrogen-bond donors (Lipinski definition) is 0. The summed E-state index contributed by atoms with van der Waals surface area (Å²) in [5, 5.41) is 0.179. The van der Waals surface area contributed by atoms with Crippen LogP contribution in [0.2, 0.25) is 18.1 Å². The maximum atomic E-state index is 13.2. The zero-order valence-electron chi connectivity index (χ0n) is 20.3. The van der Waals surface area contributed by atoms with E-state index in [2.05, 4.69) is 72.8 Å². The highest BCUT2D eigenvalue weighted by Crippen LogP contribution is 2.56. The molecule has 164 valence electrons. The second-order valence-electron chi connectivity index (χ2n) is 12.3. The van der Waals surface area contributed by atoms with Crippen LogP contribution in [-0.4, -0.2) is 14.1 Å². The molecule has 1 aromatic rings. The Morgan fingerprint density at radius 1 is 1.13 bits per heavy atom. The van der Waals surface area contributed by atoms with Gasteiger partial charge in [0, 0.05) is 12.3 Å². The van der Waals surface area contributed by atoms with Crippen LogP contribution in [0.5, 0.6) is 5.75 Å². The minimum atomic E-state index is -1.88. The fraction of sp³-hybridized carbons (Fsp3) is 0.667. The number of allylic oxidation sites excluding steroid dienone is 2. The molecule has 0 aliphatic heterocycles. The highest BCUT2D eigenvalue weighted by Gasteiger charge is 2.46. The van der Waals surface area contributed by atoms with E-state index in [-0.39, 0.29) is 16.4 Å². The predicted molar refractivity (Wildman–Crippen MR) is 128 cm³/mol. The molecule has 0 heterocycles. The summed E-state index contributed by atoms with van der Waals surface area (Å²) in [6, 6.07) is 6.77. The van der Waals surface area contributed by atoms with E-state index in [0.717, 1.165) is 25.0 Å². The lowest BCUT2D eigenvalue weighted by Crippen LogP contribution is -2.43. The molecule has 0 amide bonds. The molecule has 0 bridgehead atoms. The molecule has 3 atom stereocenters. The zero-order valence-corrected chi connectivity index (χ0v) is 21.3. The van der Waals surface area contributed by atoms with Gasteiger partial charge in [-0.05, 0) is 89.9 Å². The van der Waals surface area contributed by atoms with E-state index in [1.165, 1.54) is 29.5 Å². The van der Waals surface area contributed by atoms with Crippen LogP contribution in [0.4, 0.5) is 0 Å². The van der Waals surface area contributed by atoms with Crippen LogP contribution in [0.1, 0.15) is 78.4 Å². The summed E-state index contributed by atoms with van der Waals surface area (Å²) in [5.41, 5.74) is 6.12. The van der Waals surface area contributed by atoms with Gasteiger partial charge in [0.15, 0.2) is 0 Å². The van der Waals surface area contributed by atoms with Crippen molar-refractivity contribution in [2.75, 3.05) is 0 Å². The molecule has 0 spiro atoms. The van der Waals surface area contributed by atoms with Crippen LogP contribution < -0.4 is 4.43 Å². The number of hydrogen-bond acceptors (Lipinski definition) is 2. The lowest BCUT2D eigenvalue weighted by atomic mass is 9.64. The van der Waals surface area contributed by atoms with E-state index in [4.69, 9.17) is 4.43 Å². The smallest absolute Gasteiger partial charge is 0.250 e. The molecular weight excluding hydrogens is 384 g/mol. The van der Waals surface area contributed by atoms with Gasteiger partial charge >= 0.3 is 0 Å². The van der Waals surface area contributed by atoms with Crippen molar-refractivity contribution < 1.29 is 9.22 Å². The van der Waals surface area contributed by atoms with Crippen LogP contribution in [0.15, 0.2) is 23.8 Å². The van der Waals surface area contributed by atoms with Crippen molar-refractivity contribution in [2.24, 2.45) is 23.2 Å². The van der Waals surface area contributed by atoms with Gasteiger partial charge in [-0.25, -0.2) is 0 Å². The third-order valence-electron chi connectivity index (χ3n) is 8.86. The Bertz CT molecular complexity index is 900.